The molecule has 1 saturated carbocycles. The molecule has 5 heteroatoms. The Labute approximate surface area is 133 Å². The zero-order valence-electron chi connectivity index (χ0n) is 14.0. The van der Waals surface area contributed by atoms with Crippen LogP contribution in [-0.2, 0) is 0 Å². The molecule has 1 N–H and O–H groups in total. The van der Waals surface area contributed by atoms with Crippen LogP contribution in [0, 0.1) is 0 Å². The van der Waals surface area contributed by atoms with E-state index in [-0.39, 0.29) is 11.8 Å². The van der Waals surface area contributed by atoms with Crippen LogP contribution in [-0.4, -0.2) is 47.0 Å². The van der Waals surface area contributed by atoms with Crippen LogP contribution >= 0.6 is 0 Å². The second kappa shape index (κ2) is 8.22. The maximum atomic E-state index is 12.0. The normalized spacial score (nSPS) is 15.7. The van der Waals surface area contributed by atoms with Gasteiger partial charge in [0.1, 0.15) is 5.82 Å². The summed E-state index contributed by atoms with van der Waals surface area (Å²) in [6, 6.07) is 0.743. The molecule has 0 saturated heterocycles. The molecular weight excluding hydrogens is 276 g/mol. The Kier molecular flexibility index (Phi) is 6.31. The summed E-state index contributed by atoms with van der Waals surface area (Å²) in [5.41, 5.74) is 0.536. The summed E-state index contributed by atoms with van der Waals surface area (Å²) in [5.74, 6) is 0.969. The van der Waals surface area contributed by atoms with Gasteiger partial charge in [0.25, 0.3) is 5.91 Å². The molecule has 0 atom stereocenters. The zero-order valence-corrected chi connectivity index (χ0v) is 14.0. The molecule has 1 heterocycles. The third-order valence-electron chi connectivity index (χ3n) is 4.37. The van der Waals surface area contributed by atoms with Crippen LogP contribution in [0.4, 0.5) is 0 Å². The summed E-state index contributed by atoms with van der Waals surface area (Å²) in [6.07, 6.45) is 9.56. The van der Waals surface area contributed by atoms with Crippen molar-refractivity contribution in [2.75, 3.05) is 20.1 Å². The van der Waals surface area contributed by atoms with Crippen LogP contribution in [0.1, 0.15) is 68.1 Å². The minimum atomic E-state index is -0.0844. The van der Waals surface area contributed by atoms with Gasteiger partial charge in [0.05, 0.1) is 5.56 Å². The number of hydrogen-bond acceptors (Lipinski definition) is 4. The van der Waals surface area contributed by atoms with E-state index in [1.54, 1.807) is 12.4 Å². The topological polar surface area (TPSA) is 58.1 Å². The van der Waals surface area contributed by atoms with E-state index >= 15 is 0 Å². The molecule has 2 rings (SSSR count). The maximum Gasteiger partial charge on any atom is 0.254 e. The third kappa shape index (κ3) is 4.77. The monoisotopic (exact) mass is 304 g/mol. The van der Waals surface area contributed by atoms with Gasteiger partial charge in [0.15, 0.2) is 0 Å². The number of amides is 1. The molecule has 1 aromatic heterocycles. The molecule has 5 nitrogen and oxygen atoms in total. The molecule has 0 bridgehead atoms. The van der Waals surface area contributed by atoms with Crippen molar-refractivity contribution in [3.05, 3.63) is 23.8 Å². The van der Waals surface area contributed by atoms with Crippen LogP contribution in [0.25, 0.3) is 0 Å². The molecule has 22 heavy (non-hydrogen) atoms. The standard InChI is InChI=1S/C17H28N4O/c1-13(2)16-19-11-14(12-20-16)17(22)18-9-6-10-21(3)15-7-4-5-8-15/h11-13,15H,4-10H2,1-3H3,(H,18,22). The third-order valence-corrected chi connectivity index (χ3v) is 4.37. The molecule has 1 aromatic rings. The fourth-order valence-corrected chi connectivity index (χ4v) is 2.91. The second-order valence-corrected chi connectivity index (χ2v) is 6.51. The van der Waals surface area contributed by atoms with Crippen LogP contribution in [0.2, 0.25) is 0 Å². The minimum absolute atomic E-state index is 0.0844. The molecule has 1 aliphatic carbocycles. The summed E-state index contributed by atoms with van der Waals surface area (Å²) in [6.45, 7) is 5.81. The van der Waals surface area contributed by atoms with E-state index in [1.807, 2.05) is 13.8 Å². The minimum Gasteiger partial charge on any atom is -0.352 e. The van der Waals surface area contributed by atoms with Crippen molar-refractivity contribution in [1.82, 2.24) is 20.2 Å². The molecule has 1 aliphatic rings. The van der Waals surface area contributed by atoms with Crippen molar-refractivity contribution in [2.45, 2.75) is 57.9 Å². The smallest absolute Gasteiger partial charge is 0.254 e. The van der Waals surface area contributed by atoms with Crippen molar-refractivity contribution >= 4 is 5.91 Å². The maximum absolute atomic E-state index is 12.0. The highest BCUT2D eigenvalue weighted by atomic mass is 16.1. The Morgan fingerprint density at radius 3 is 2.55 bits per heavy atom. The first kappa shape index (κ1) is 16.9. The van der Waals surface area contributed by atoms with Gasteiger partial charge in [0.2, 0.25) is 0 Å². The van der Waals surface area contributed by atoms with Crippen molar-refractivity contribution in [1.29, 1.82) is 0 Å². The lowest BCUT2D eigenvalue weighted by Gasteiger charge is -2.23. The average molecular weight is 304 g/mol. The number of nitrogens with one attached hydrogen (secondary N) is 1. The van der Waals surface area contributed by atoms with E-state index in [9.17, 15) is 4.79 Å². The Morgan fingerprint density at radius 2 is 1.95 bits per heavy atom. The summed E-state index contributed by atoms with van der Waals surface area (Å²) < 4.78 is 0. The van der Waals surface area contributed by atoms with Crippen molar-refractivity contribution < 1.29 is 4.79 Å². The number of carbonyl (C=O) groups excluding carboxylic acids is 1. The molecular formula is C17H28N4O. The van der Waals surface area contributed by atoms with E-state index in [1.165, 1.54) is 25.7 Å². The molecule has 1 fully saturated rings. The van der Waals surface area contributed by atoms with E-state index in [4.69, 9.17) is 0 Å². The van der Waals surface area contributed by atoms with Crippen molar-refractivity contribution in [3.8, 4) is 0 Å². The predicted octanol–water partition coefficient (Wildman–Crippen LogP) is 2.59. The van der Waals surface area contributed by atoms with Crippen LogP contribution in [0.3, 0.4) is 0 Å². The van der Waals surface area contributed by atoms with Gasteiger partial charge in [-0.2, -0.15) is 0 Å². The van der Waals surface area contributed by atoms with Gasteiger partial charge in [-0.1, -0.05) is 26.7 Å². The van der Waals surface area contributed by atoms with E-state index in [0.29, 0.717) is 12.1 Å². The Morgan fingerprint density at radius 1 is 1.32 bits per heavy atom. The first-order valence-corrected chi connectivity index (χ1v) is 8.38. The fraction of sp³-hybridized carbons (Fsp3) is 0.706. The van der Waals surface area contributed by atoms with Gasteiger partial charge in [-0.3, -0.25) is 4.79 Å². The lowest BCUT2D eigenvalue weighted by molar-refractivity contribution is 0.0950. The van der Waals surface area contributed by atoms with Gasteiger partial charge in [0, 0.05) is 30.9 Å². The first-order chi connectivity index (χ1) is 10.6. The number of nitrogens with zero attached hydrogens (tertiary/aromatic N) is 3. The number of hydrogen-bond donors (Lipinski definition) is 1. The van der Waals surface area contributed by atoms with Gasteiger partial charge < -0.3 is 10.2 Å². The summed E-state index contributed by atoms with van der Waals surface area (Å²) in [4.78, 5) is 22.9. The molecule has 0 aromatic carbocycles. The van der Waals surface area contributed by atoms with Crippen molar-refractivity contribution in [2.24, 2.45) is 0 Å². The zero-order chi connectivity index (χ0) is 15.9. The molecule has 0 unspecified atom stereocenters. The average Bonchev–Trinajstić information content (AvgIpc) is 3.05. The highest BCUT2D eigenvalue weighted by molar-refractivity contribution is 5.93. The van der Waals surface area contributed by atoms with E-state index in [2.05, 4.69) is 27.2 Å². The number of carbonyl (C=O) groups is 1. The molecule has 0 spiro atoms. The Bertz CT molecular complexity index is 466. The Hall–Kier alpha value is -1.49. The second-order valence-electron chi connectivity index (χ2n) is 6.51. The molecule has 0 aliphatic heterocycles. The lowest BCUT2D eigenvalue weighted by Crippen LogP contribution is -2.33. The Balaban J connectivity index is 1.68. The van der Waals surface area contributed by atoms with E-state index in [0.717, 1.165) is 24.8 Å². The fourth-order valence-electron chi connectivity index (χ4n) is 2.91. The van der Waals surface area contributed by atoms with Gasteiger partial charge in [-0.15, -0.1) is 0 Å². The predicted molar refractivity (Wildman–Crippen MR) is 88.0 cm³/mol. The highest BCUT2D eigenvalue weighted by Gasteiger charge is 2.18. The van der Waals surface area contributed by atoms with Gasteiger partial charge in [-0.25, -0.2) is 9.97 Å². The van der Waals surface area contributed by atoms with Crippen LogP contribution in [0.5, 0.6) is 0 Å². The van der Waals surface area contributed by atoms with Crippen LogP contribution < -0.4 is 5.32 Å². The largest absolute Gasteiger partial charge is 0.352 e. The van der Waals surface area contributed by atoms with Crippen LogP contribution in [0.15, 0.2) is 12.4 Å². The highest BCUT2D eigenvalue weighted by Crippen LogP contribution is 2.22. The lowest BCUT2D eigenvalue weighted by atomic mass is 10.2. The van der Waals surface area contributed by atoms with Gasteiger partial charge >= 0.3 is 0 Å². The first-order valence-electron chi connectivity index (χ1n) is 8.38. The number of rotatable bonds is 7. The summed E-state index contributed by atoms with van der Waals surface area (Å²) >= 11 is 0. The summed E-state index contributed by atoms with van der Waals surface area (Å²) in [5, 5.41) is 2.95. The van der Waals surface area contributed by atoms with Gasteiger partial charge in [-0.05, 0) is 32.9 Å². The van der Waals surface area contributed by atoms with Crippen molar-refractivity contribution in [3.63, 3.8) is 0 Å². The quantitative estimate of drug-likeness (QED) is 0.787. The SMILES string of the molecule is CC(C)c1ncc(C(=O)NCCCN(C)C2CCCC2)cn1. The number of aromatic nitrogens is 2. The molecule has 0 radical (unpaired) electrons. The molecule has 1 amide bonds. The summed E-state index contributed by atoms with van der Waals surface area (Å²) in [7, 11) is 2.19. The van der Waals surface area contributed by atoms with E-state index < -0.39 is 0 Å². The molecule has 122 valence electrons.